The average molecular weight is 300 g/mol. The number of nitrogens with one attached hydrogen (secondary N) is 1. The van der Waals surface area contributed by atoms with Gasteiger partial charge in [-0.25, -0.2) is 0 Å². The Hall–Kier alpha value is -0.120. The van der Waals surface area contributed by atoms with E-state index in [4.69, 9.17) is 0 Å². The zero-order valence-electron chi connectivity index (χ0n) is 15.3. The molecule has 128 valence electrons. The van der Waals surface area contributed by atoms with Crippen molar-refractivity contribution >= 4 is 0 Å². The van der Waals surface area contributed by atoms with Gasteiger partial charge in [-0.05, 0) is 78.0 Å². The maximum Gasteiger partial charge on any atom is -0.00190 e. The van der Waals surface area contributed by atoms with Crippen molar-refractivity contribution in [3.8, 4) is 0 Å². The van der Waals surface area contributed by atoms with E-state index in [1.807, 2.05) is 0 Å². The molecular formula is C18H41N3. The van der Waals surface area contributed by atoms with Crippen LogP contribution in [-0.2, 0) is 0 Å². The molecule has 0 unspecified atom stereocenters. The lowest BCUT2D eigenvalue weighted by Crippen LogP contribution is -2.24. The Bertz CT molecular complexity index is 169. The zero-order valence-corrected chi connectivity index (χ0v) is 15.3. The van der Waals surface area contributed by atoms with Crippen LogP contribution in [0.1, 0.15) is 66.2 Å². The Morgan fingerprint density at radius 2 is 0.905 bits per heavy atom. The molecular weight excluding hydrogens is 258 g/mol. The first-order valence-corrected chi connectivity index (χ1v) is 9.43. The SMILES string of the molecule is CCN(CC)CCCCCNCCCCCN(CC)CC. The summed E-state index contributed by atoms with van der Waals surface area (Å²) < 4.78 is 0. The molecule has 0 saturated heterocycles. The molecule has 0 rings (SSSR count). The molecule has 0 aromatic rings. The third-order valence-corrected chi connectivity index (χ3v) is 4.44. The van der Waals surface area contributed by atoms with Crippen LogP contribution in [0.15, 0.2) is 0 Å². The second kappa shape index (κ2) is 16.3. The van der Waals surface area contributed by atoms with E-state index in [0.717, 1.165) is 0 Å². The van der Waals surface area contributed by atoms with Crippen LogP contribution in [0.25, 0.3) is 0 Å². The van der Waals surface area contributed by atoms with Crippen LogP contribution in [0.4, 0.5) is 0 Å². The number of unbranched alkanes of at least 4 members (excludes halogenated alkanes) is 4. The molecule has 0 aliphatic rings. The van der Waals surface area contributed by atoms with Crippen molar-refractivity contribution in [2.45, 2.75) is 66.2 Å². The van der Waals surface area contributed by atoms with Gasteiger partial charge < -0.3 is 15.1 Å². The highest BCUT2D eigenvalue weighted by atomic mass is 15.1. The first kappa shape index (κ1) is 20.9. The molecule has 1 N–H and O–H groups in total. The maximum atomic E-state index is 3.59. The summed E-state index contributed by atoms with van der Waals surface area (Å²) in [6.45, 7) is 18.8. The van der Waals surface area contributed by atoms with Crippen LogP contribution in [0.2, 0.25) is 0 Å². The largest absolute Gasteiger partial charge is 0.317 e. The summed E-state index contributed by atoms with van der Waals surface area (Å²) in [6, 6.07) is 0. The zero-order chi connectivity index (χ0) is 15.8. The quantitative estimate of drug-likeness (QED) is 0.439. The lowest BCUT2D eigenvalue weighted by molar-refractivity contribution is 0.294. The Labute approximate surface area is 134 Å². The predicted molar refractivity (Wildman–Crippen MR) is 96.1 cm³/mol. The van der Waals surface area contributed by atoms with Gasteiger partial charge in [-0.15, -0.1) is 0 Å². The number of rotatable bonds is 16. The summed E-state index contributed by atoms with van der Waals surface area (Å²) in [5.41, 5.74) is 0. The minimum Gasteiger partial charge on any atom is -0.317 e. The van der Waals surface area contributed by atoms with Gasteiger partial charge in [0, 0.05) is 0 Å². The smallest absolute Gasteiger partial charge is 0.00190 e. The Balaban J connectivity index is 3.15. The topological polar surface area (TPSA) is 18.5 Å². The Morgan fingerprint density at radius 1 is 0.524 bits per heavy atom. The summed E-state index contributed by atoms with van der Waals surface area (Å²) in [5, 5.41) is 3.59. The molecule has 0 aliphatic heterocycles. The molecule has 0 spiro atoms. The molecule has 3 nitrogen and oxygen atoms in total. The van der Waals surface area contributed by atoms with Gasteiger partial charge in [-0.1, -0.05) is 40.5 Å². The highest BCUT2D eigenvalue weighted by Crippen LogP contribution is 2.00. The number of hydrogen-bond donors (Lipinski definition) is 1. The molecule has 0 atom stereocenters. The fraction of sp³-hybridized carbons (Fsp3) is 1.00. The maximum absolute atomic E-state index is 3.59. The van der Waals surface area contributed by atoms with Crippen molar-refractivity contribution in [1.82, 2.24) is 15.1 Å². The van der Waals surface area contributed by atoms with E-state index >= 15 is 0 Å². The summed E-state index contributed by atoms with van der Waals surface area (Å²) in [7, 11) is 0. The van der Waals surface area contributed by atoms with Crippen LogP contribution in [0.3, 0.4) is 0 Å². The average Bonchev–Trinajstić information content (AvgIpc) is 2.52. The fourth-order valence-electron chi connectivity index (χ4n) is 2.73. The molecule has 0 bridgehead atoms. The van der Waals surface area contributed by atoms with E-state index in [1.54, 1.807) is 0 Å². The van der Waals surface area contributed by atoms with Gasteiger partial charge in [0.2, 0.25) is 0 Å². The molecule has 0 aromatic carbocycles. The Morgan fingerprint density at radius 3 is 1.24 bits per heavy atom. The van der Waals surface area contributed by atoms with E-state index in [1.165, 1.54) is 90.9 Å². The highest BCUT2D eigenvalue weighted by molar-refractivity contribution is 4.56. The van der Waals surface area contributed by atoms with Gasteiger partial charge in [0.25, 0.3) is 0 Å². The van der Waals surface area contributed by atoms with Gasteiger partial charge in [0.05, 0.1) is 0 Å². The summed E-state index contributed by atoms with van der Waals surface area (Å²) in [5.74, 6) is 0. The first-order valence-electron chi connectivity index (χ1n) is 9.43. The second-order valence-corrected chi connectivity index (χ2v) is 5.93. The first-order chi connectivity index (χ1) is 10.3. The van der Waals surface area contributed by atoms with E-state index < -0.39 is 0 Å². The van der Waals surface area contributed by atoms with Gasteiger partial charge in [0.1, 0.15) is 0 Å². The van der Waals surface area contributed by atoms with Crippen molar-refractivity contribution < 1.29 is 0 Å². The minimum atomic E-state index is 1.20. The van der Waals surface area contributed by atoms with Gasteiger partial charge in [-0.2, -0.15) is 0 Å². The summed E-state index contributed by atoms with van der Waals surface area (Å²) in [4.78, 5) is 5.03. The van der Waals surface area contributed by atoms with E-state index in [0.29, 0.717) is 0 Å². The third-order valence-electron chi connectivity index (χ3n) is 4.44. The summed E-state index contributed by atoms with van der Waals surface area (Å²) >= 11 is 0. The molecule has 3 heteroatoms. The normalized spacial score (nSPS) is 11.7. The van der Waals surface area contributed by atoms with Crippen molar-refractivity contribution in [3.63, 3.8) is 0 Å². The standard InChI is InChI=1S/C18H41N3/c1-5-20(6-2)17-13-9-11-15-19-16-12-10-14-18-21(7-3)8-4/h19H,5-18H2,1-4H3. The van der Waals surface area contributed by atoms with Crippen LogP contribution in [0, 0.1) is 0 Å². The molecule has 21 heavy (non-hydrogen) atoms. The van der Waals surface area contributed by atoms with Crippen LogP contribution in [-0.4, -0.2) is 62.2 Å². The van der Waals surface area contributed by atoms with Gasteiger partial charge in [-0.3, -0.25) is 0 Å². The molecule has 0 amide bonds. The molecule has 0 saturated carbocycles. The van der Waals surface area contributed by atoms with Gasteiger partial charge in [0.15, 0.2) is 0 Å². The molecule has 0 aromatic heterocycles. The minimum absolute atomic E-state index is 1.20. The lowest BCUT2D eigenvalue weighted by Gasteiger charge is -2.17. The Kier molecular flexibility index (Phi) is 16.2. The monoisotopic (exact) mass is 299 g/mol. The molecule has 0 radical (unpaired) electrons. The highest BCUT2D eigenvalue weighted by Gasteiger charge is 1.99. The summed E-state index contributed by atoms with van der Waals surface area (Å²) in [6.07, 6.45) is 8.11. The third kappa shape index (κ3) is 13.3. The van der Waals surface area contributed by atoms with Crippen LogP contribution >= 0.6 is 0 Å². The van der Waals surface area contributed by atoms with Crippen molar-refractivity contribution in [2.75, 3.05) is 52.4 Å². The van der Waals surface area contributed by atoms with Crippen molar-refractivity contribution in [3.05, 3.63) is 0 Å². The van der Waals surface area contributed by atoms with Crippen molar-refractivity contribution in [1.29, 1.82) is 0 Å². The van der Waals surface area contributed by atoms with E-state index in [-0.39, 0.29) is 0 Å². The number of nitrogens with zero attached hydrogens (tertiary/aromatic N) is 2. The van der Waals surface area contributed by atoms with Crippen LogP contribution in [0.5, 0.6) is 0 Å². The fourth-order valence-corrected chi connectivity index (χ4v) is 2.73. The second-order valence-electron chi connectivity index (χ2n) is 5.93. The molecule has 0 aliphatic carbocycles. The predicted octanol–water partition coefficient (Wildman–Crippen LogP) is 3.60. The van der Waals surface area contributed by atoms with Crippen LogP contribution < -0.4 is 5.32 Å². The lowest BCUT2D eigenvalue weighted by atomic mass is 10.2. The van der Waals surface area contributed by atoms with Crippen molar-refractivity contribution in [2.24, 2.45) is 0 Å². The van der Waals surface area contributed by atoms with E-state index in [9.17, 15) is 0 Å². The molecule has 0 fully saturated rings. The molecule has 0 heterocycles. The number of hydrogen-bond acceptors (Lipinski definition) is 3. The van der Waals surface area contributed by atoms with Gasteiger partial charge >= 0.3 is 0 Å². The van der Waals surface area contributed by atoms with E-state index in [2.05, 4.69) is 42.8 Å².